The van der Waals surface area contributed by atoms with Crippen molar-refractivity contribution >= 4 is 45.9 Å². The zero-order valence-electron chi connectivity index (χ0n) is 20.3. The fourth-order valence-electron chi connectivity index (χ4n) is 3.80. The van der Waals surface area contributed by atoms with Crippen molar-refractivity contribution in [2.75, 3.05) is 28.9 Å². The zero-order chi connectivity index (χ0) is 27.4. The predicted molar refractivity (Wildman–Crippen MR) is 144 cm³/mol. The van der Waals surface area contributed by atoms with Gasteiger partial charge in [0.25, 0.3) is 5.91 Å². The predicted octanol–water partition coefficient (Wildman–Crippen LogP) is 3.86. The van der Waals surface area contributed by atoms with Gasteiger partial charge in [-0.25, -0.2) is 9.37 Å². The molecule has 198 valence electrons. The smallest absolute Gasteiger partial charge is 0.258 e. The van der Waals surface area contributed by atoms with Gasteiger partial charge in [0.1, 0.15) is 18.5 Å². The second kappa shape index (κ2) is 11.3. The lowest BCUT2D eigenvalue weighted by Crippen LogP contribution is -2.38. The maximum Gasteiger partial charge on any atom is 0.258 e. The van der Waals surface area contributed by atoms with Crippen LogP contribution in [0.3, 0.4) is 0 Å². The third-order valence-corrected chi connectivity index (χ3v) is 6.48. The number of halogens is 1. The number of benzene rings is 3. The zero-order valence-corrected chi connectivity index (χ0v) is 21.1. The van der Waals surface area contributed by atoms with Gasteiger partial charge in [0, 0.05) is 33.9 Å². The normalized spacial score (nSPS) is 12.5. The first kappa shape index (κ1) is 25.8. The number of ether oxygens (including phenoxy) is 2. The Balaban J connectivity index is 1.31. The molecule has 1 aromatic heterocycles. The minimum atomic E-state index is -0.839. The number of thiazole rings is 1. The Labute approximate surface area is 226 Å². The van der Waals surface area contributed by atoms with Crippen LogP contribution < -0.4 is 30.7 Å². The van der Waals surface area contributed by atoms with Gasteiger partial charge in [-0.1, -0.05) is 12.1 Å². The maximum absolute atomic E-state index is 13.4. The first-order chi connectivity index (χ1) is 18.9. The van der Waals surface area contributed by atoms with Crippen LogP contribution in [0.25, 0.3) is 11.3 Å². The number of amides is 2. The van der Waals surface area contributed by atoms with Gasteiger partial charge in [-0.3, -0.25) is 19.3 Å². The quantitative estimate of drug-likeness (QED) is 0.212. The van der Waals surface area contributed by atoms with Crippen LogP contribution in [0.5, 0.6) is 11.5 Å². The molecule has 0 saturated heterocycles. The molecule has 5 rings (SSSR count). The van der Waals surface area contributed by atoms with E-state index in [1.54, 1.807) is 42.5 Å². The van der Waals surface area contributed by atoms with E-state index in [-0.39, 0.29) is 18.9 Å². The van der Waals surface area contributed by atoms with Crippen molar-refractivity contribution in [1.82, 2.24) is 4.98 Å². The van der Waals surface area contributed by atoms with Gasteiger partial charge in [-0.2, -0.15) is 0 Å². The number of nitrogens with zero attached hydrogens (tertiary/aromatic N) is 2. The van der Waals surface area contributed by atoms with E-state index in [1.165, 1.54) is 40.5 Å². The minimum absolute atomic E-state index is 0.0617. The minimum Gasteiger partial charge on any atom is -0.454 e. The van der Waals surface area contributed by atoms with Crippen LogP contribution in [0.15, 0.2) is 72.1 Å². The lowest BCUT2D eigenvalue weighted by molar-refractivity contribution is -0.115. The molecule has 1 aliphatic rings. The second-order valence-electron chi connectivity index (χ2n) is 8.41. The summed E-state index contributed by atoms with van der Waals surface area (Å²) in [6.45, 7) is -0.248. The topological polar surface area (TPSA) is 136 Å². The molecule has 0 radical (unpaired) electrons. The summed E-state index contributed by atoms with van der Waals surface area (Å²) in [7, 11) is 0. The number of fused-ring (bicyclic) bond motifs is 1. The third kappa shape index (κ3) is 6.03. The molecule has 2 heterocycles. The van der Waals surface area contributed by atoms with Gasteiger partial charge in [-0.05, 0) is 48.5 Å². The number of anilines is 3. The molecule has 2 amide bonds. The number of aromatic nitrogens is 1. The standard InChI is InChI=1S/C27H22FN5O5S/c28-18-5-1-17(2-6-18)26(36)33(20-9-10-22-23(11-20)38-15-37-22)12-25(35)30-19-7-3-16(4-8-19)21-14-39-27(31-21)32-24(29)13-34/h1-11,13-14,24H,12,15,29H2,(H,30,35)(H,31,32). The Bertz CT molecular complexity index is 1510. The maximum atomic E-state index is 13.4. The van der Waals surface area contributed by atoms with Crippen LogP contribution in [0.2, 0.25) is 0 Å². The van der Waals surface area contributed by atoms with Crippen molar-refractivity contribution in [1.29, 1.82) is 0 Å². The number of carbonyl (C=O) groups excluding carboxylic acids is 3. The fourth-order valence-corrected chi connectivity index (χ4v) is 4.57. The van der Waals surface area contributed by atoms with Crippen molar-refractivity contribution in [3.05, 3.63) is 83.5 Å². The number of nitrogens with one attached hydrogen (secondary N) is 2. The van der Waals surface area contributed by atoms with Crippen LogP contribution in [0, 0.1) is 5.82 Å². The van der Waals surface area contributed by atoms with Gasteiger partial charge < -0.3 is 25.8 Å². The summed E-state index contributed by atoms with van der Waals surface area (Å²) in [4.78, 5) is 42.8. The van der Waals surface area contributed by atoms with E-state index >= 15 is 0 Å². The van der Waals surface area contributed by atoms with Crippen LogP contribution >= 0.6 is 11.3 Å². The number of hydrogen-bond acceptors (Lipinski definition) is 9. The fraction of sp³-hybridized carbons (Fsp3) is 0.111. The first-order valence-corrected chi connectivity index (χ1v) is 12.6. The summed E-state index contributed by atoms with van der Waals surface area (Å²) in [5, 5.41) is 7.90. The lowest BCUT2D eigenvalue weighted by Gasteiger charge is -2.23. The molecule has 3 aromatic carbocycles. The van der Waals surface area contributed by atoms with Crippen molar-refractivity contribution in [3.63, 3.8) is 0 Å². The van der Waals surface area contributed by atoms with E-state index in [4.69, 9.17) is 15.2 Å². The molecular weight excluding hydrogens is 525 g/mol. The molecule has 1 aliphatic heterocycles. The molecule has 0 spiro atoms. The van der Waals surface area contributed by atoms with Crippen molar-refractivity contribution in [3.8, 4) is 22.8 Å². The largest absolute Gasteiger partial charge is 0.454 e. The van der Waals surface area contributed by atoms with Gasteiger partial charge in [0.15, 0.2) is 22.9 Å². The summed E-state index contributed by atoms with van der Waals surface area (Å²) < 4.78 is 24.2. The van der Waals surface area contributed by atoms with Crippen LogP contribution in [-0.2, 0) is 9.59 Å². The SMILES string of the molecule is NC(C=O)Nc1nc(-c2ccc(NC(=O)CN(C(=O)c3ccc(F)cc3)c3ccc4c(c3)OCO4)cc2)cs1. The molecule has 12 heteroatoms. The van der Waals surface area contributed by atoms with E-state index in [9.17, 15) is 18.8 Å². The van der Waals surface area contributed by atoms with Gasteiger partial charge in [0.2, 0.25) is 12.7 Å². The van der Waals surface area contributed by atoms with Crippen LogP contribution in [0.4, 0.5) is 20.9 Å². The molecule has 4 N–H and O–H groups in total. The number of hydrogen-bond donors (Lipinski definition) is 3. The van der Waals surface area contributed by atoms with Crippen LogP contribution in [-0.4, -0.2) is 42.6 Å². The average molecular weight is 548 g/mol. The summed E-state index contributed by atoms with van der Waals surface area (Å²) in [5.41, 5.74) is 8.19. The summed E-state index contributed by atoms with van der Waals surface area (Å²) in [5.74, 6) is -0.418. The van der Waals surface area contributed by atoms with E-state index in [1.807, 2.05) is 5.38 Å². The Kier molecular flexibility index (Phi) is 7.48. The van der Waals surface area contributed by atoms with Crippen molar-refractivity contribution in [2.24, 2.45) is 5.73 Å². The second-order valence-corrected chi connectivity index (χ2v) is 9.26. The molecule has 39 heavy (non-hydrogen) atoms. The molecular formula is C27H22FN5O5S. The summed E-state index contributed by atoms with van der Waals surface area (Å²) in [6, 6.07) is 17.0. The highest BCUT2D eigenvalue weighted by molar-refractivity contribution is 7.14. The summed E-state index contributed by atoms with van der Waals surface area (Å²) in [6.07, 6.45) is -0.256. The van der Waals surface area contributed by atoms with E-state index in [2.05, 4.69) is 15.6 Å². The molecule has 0 bridgehead atoms. The molecule has 4 aromatic rings. The number of rotatable bonds is 9. The first-order valence-electron chi connectivity index (χ1n) is 11.7. The van der Waals surface area contributed by atoms with Gasteiger partial charge in [-0.15, -0.1) is 11.3 Å². The molecule has 1 unspecified atom stereocenters. The Hall–Kier alpha value is -4.81. The van der Waals surface area contributed by atoms with E-state index in [0.29, 0.717) is 40.0 Å². The van der Waals surface area contributed by atoms with E-state index < -0.39 is 23.8 Å². The highest BCUT2D eigenvalue weighted by atomic mass is 32.1. The Morgan fingerprint density at radius 1 is 1.08 bits per heavy atom. The number of carbonyl (C=O) groups is 3. The Morgan fingerprint density at radius 2 is 1.82 bits per heavy atom. The molecule has 0 aliphatic carbocycles. The monoisotopic (exact) mass is 547 g/mol. The van der Waals surface area contributed by atoms with E-state index in [0.717, 1.165) is 5.56 Å². The molecule has 0 fully saturated rings. The lowest BCUT2D eigenvalue weighted by atomic mass is 10.1. The van der Waals surface area contributed by atoms with Gasteiger partial charge in [0.05, 0.1) is 5.69 Å². The Morgan fingerprint density at radius 3 is 2.56 bits per heavy atom. The van der Waals surface area contributed by atoms with Gasteiger partial charge >= 0.3 is 0 Å². The van der Waals surface area contributed by atoms with Crippen molar-refractivity contribution in [2.45, 2.75) is 6.17 Å². The highest BCUT2D eigenvalue weighted by Gasteiger charge is 2.24. The van der Waals surface area contributed by atoms with Crippen molar-refractivity contribution < 1.29 is 28.2 Å². The number of nitrogens with two attached hydrogens (primary N) is 1. The average Bonchev–Trinajstić information content (AvgIpc) is 3.61. The summed E-state index contributed by atoms with van der Waals surface area (Å²) >= 11 is 1.31. The number of aldehydes is 1. The molecule has 0 saturated carbocycles. The highest BCUT2D eigenvalue weighted by Crippen LogP contribution is 2.36. The third-order valence-electron chi connectivity index (χ3n) is 5.71. The molecule has 1 atom stereocenters. The van der Waals surface area contributed by atoms with Crippen LogP contribution in [0.1, 0.15) is 10.4 Å². The molecule has 10 nitrogen and oxygen atoms in total.